The lowest BCUT2D eigenvalue weighted by Crippen LogP contribution is -2.05. The molecule has 0 amide bonds. The Kier molecular flexibility index (Phi) is 2.81. The zero-order valence-electron chi connectivity index (χ0n) is 12.6. The summed E-state index contributed by atoms with van der Waals surface area (Å²) in [6.45, 7) is 0. The van der Waals surface area contributed by atoms with Gasteiger partial charge in [-0.05, 0) is 11.5 Å². The lowest BCUT2D eigenvalue weighted by Gasteiger charge is -2.04. The molecule has 3 nitrogen and oxygen atoms in total. The molecule has 2 aromatic heterocycles. The summed E-state index contributed by atoms with van der Waals surface area (Å²) >= 11 is 1.64. The van der Waals surface area contributed by atoms with Crippen molar-refractivity contribution in [3.63, 3.8) is 0 Å². The number of nitrogens with zero attached hydrogens (tertiary/aromatic N) is 1. The smallest absolute Gasteiger partial charge is 0.256 e. The van der Waals surface area contributed by atoms with Crippen LogP contribution in [-0.2, 0) is 0 Å². The first-order chi connectivity index (χ1) is 11.8. The van der Waals surface area contributed by atoms with Gasteiger partial charge in [-0.3, -0.25) is 4.79 Å². The van der Waals surface area contributed by atoms with Gasteiger partial charge in [-0.25, -0.2) is 4.98 Å². The summed E-state index contributed by atoms with van der Waals surface area (Å²) in [7, 11) is 0. The molecule has 0 fully saturated rings. The highest BCUT2D eigenvalue weighted by molar-refractivity contribution is 7.22. The second-order valence-corrected chi connectivity index (χ2v) is 6.70. The summed E-state index contributed by atoms with van der Waals surface area (Å²) in [6.07, 6.45) is 1.71. The first-order valence-corrected chi connectivity index (χ1v) is 8.52. The van der Waals surface area contributed by atoms with Gasteiger partial charge in [0.05, 0.1) is 15.6 Å². The molecule has 5 aromatic rings. The third kappa shape index (κ3) is 1.83. The van der Waals surface area contributed by atoms with Crippen LogP contribution in [0.25, 0.3) is 42.3 Å². The molecule has 114 valence electrons. The molecule has 3 aromatic carbocycles. The summed E-state index contributed by atoms with van der Waals surface area (Å²) in [5, 5.41) is 4.65. The fraction of sp³-hybridized carbons (Fsp3) is 0. The summed E-state index contributed by atoms with van der Waals surface area (Å²) in [5.74, 6) is 0. The number of aromatic amines is 1. The van der Waals surface area contributed by atoms with E-state index in [1.54, 1.807) is 17.5 Å². The molecule has 0 aliphatic carbocycles. The predicted molar refractivity (Wildman–Crippen MR) is 101 cm³/mol. The van der Waals surface area contributed by atoms with Gasteiger partial charge in [-0.15, -0.1) is 11.3 Å². The van der Waals surface area contributed by atoms with Gasteiger partial charge in [-0.1, -0.05) is 54.6 Å². The van der Waals surface area contributed by atoms with Gasteiger partial charge in [0, 0.05) is 22.5 Å². The first-order valence-electron chi connectivity index (χ1n) is 7.71. The van der Waals surface area contributed by atoms with Crippen molar-refractivity contribution in [2.45, 2.75) is 0 Å². The molecule has 0 bridgehead atoms. The number of benzene rings is 3. The van der Waals surface area contributed by atoms with Crippen LogP contribution in [0.15, 0.2) is 71.7 Å². The van der Waals surface area contributed by atoms with Crippen molar-refractivity contribution in [3.8, 4) is 10.6 Å². The molecule has 2 heterocycles. The summed E-state index contributed by atoms with van der Waals surface area (Å²) in [4.78, 5) is 20.1. The van der Waals surface area contributed by atoms with Crippen LogP contribution in [0.4, 0.5) is 0 Å². The number of thiazole rings is 1. The number of hydrogen-bond acceptors (Lipinski definition) is 3. The van der Waals surface area contributed by atoms with Gasteiger partial charge < -0.3 is 4.98 Å². The van der Waals surface area contributed by atoms with Crippen molar-refractivity contribution in [3.05, 3.63) is 77.2 Å². The summed E-state index contributed by atoms with van der Waals surface area (Å²) in [6, 6.07) is 20.1. The molecule has 0 radical (unpaired) electrons. The molecule has 1 N–H and O–H groups in total. The molecule has 0 aliphatic heterocycles. The third-order valence-electron chi connectivity index (χ3n) is 4.30. The van der Waals surface area contributed by atoms with Gasteiger partial charge in [0.15, 0.2) is 0 Å². The van der Waals surface area contributed by atoms with Crippen LogP contribution in [0, 0.1) is 0 Å². The monoisotopic (exact) mass is 328 g/mol. The van der Waals surface area contributed by atoms with Gasteiger partial charge >= 0.3 is 0 Å². The quantitative estimate of drug-likeness (QED) is 0.442. The number of hydrogen-bond donors (Lipinski definition) is 1. The van der Waals surface area contributed by atoms with Gasteiger partial charge in [0.1, 0.15) is 5.01 Å². The van der Waals surface area contributed by atoms with Crippen LogP contribution in [0.1, 0.15) is 0 Å². The van der Waals surface area contributed by atoms with E-state index in [0.717, 1.165) is 42.3 Å². The van der Waals surface area contributed by atoms with E-state index in [1.807, 2.05) is 48.5 Å². The van der Waals surface area contributed by atoms with Gasteiger partial charge in [0.25, 0.3) is 5.56 Å². The Morgan fingerprint density at radius 3 is 2.42 bits per heavy atom. The average Bonchev–Trinajstić information content (AvgIpc) is 3.08. The van der Waals surface area contributed by atoms with Crippen molar-refractivity contribution in [2.24, 2.45) is 0 Å². The average molecular weight is 328 g/mol. The van der Waals surface area contributed by atoms with E-state index in [9.17, 15) is 4.79 Å². The van der Waals surface area contributed by atoms with E-state index >= 15 is 0 Å². The maximum atomic E-state index is 12.4. The SMILES string of the molecule is O=c1[nH]ccc2c3sc(-c4ccccc4)nc3c3ccccc3c12. The van der Waals surface area contributed by atoms with Crippen molar-refractivity contribution >= 4 is 43.1 Å². The van der Waals surface area contributed by atoms with Crippen molar-refractivity contribution in [1.82, 2.24) is 9.97 Å². The molecule has 0 saturated carbocycles. The molecule has 0 aliphatic rings. The third-order valence-corrected chi connectivity index (χ3v) is 5.44. The zero-order chi connectivity index (χ0) is 16.1. The van der Waals surface area contributed by atoms with Crippen LogP contribution in [0.2, 0.25) is 0 Å². The fourth-order valence-electron chi connectivity index (χ4n) is 3.23. The van der Waals surface area contributed by atoms with Crippen LogP contribution >= 0.6 is 11.3 Å². The van der Waals surface area contributed by atoms with E-state index in [2.05, 4.69) is 17.1 Å². The lowest BCUT2D eigenvalue weighted by molar-refractivity contribution is 1.28. The van der Waals surface area contributed by atoms with E-state index in [-0.39, 0.29) is 5.56 Å². The lowest BCUT2D eigenvalue weighted by atomic mass is 10.0. The Bertz CT molecular complexity index is 1270. The highest BCUT2D eigenvalue weighted by atomic mass is 32.1. The standard InChI is InChI=1S/C20H12N2OS/c23-19-16-13-8-4-5-9-14(13)17-18(15(16)10-11-21-19)24-20(22-17)12-6-2-1-3-7-12/h1-11H,(H,21,23). The largest absolute Gasteiger partial charge is 0.329 e. The molecular weight excluding hydrogens is 316 g/mol. The van der Waals surface area contributed by atoms with Crippen LogP contribution < -0.4 is 5.56 Å². The van der Waals surface area contributed by atoms with Crippen LogP contribution in [0.3, 0.4) is 0 Å². The molecule has 24 heavy (non-hydrogen) atoms. The number of aromatic nitrogens is 2. The number of H-pyrrole nitrogens is 1. The minimum absolute atomic E-state index is 0.0553. The molecule has 0 spiro atoms. The molecule has 0 saturated heterocycles. The van der Waals surface area contributed by atoms with Crippen LogP contribution in [-0.4, -0.2) is 9.97 Å². The number of nitrogens with one attached hydrogen (secondary N) is 1. The minimum Gasteiger partial charge on any atom is -0.329 e. The minimum atomic E-state index is -0.0553. The first kappa shape index (κ1) is 13.5. The zero-order valence-corrected chi connectivity index (χ0v) is 13.4. The number of rotatable bonds is 1. The van der Waals surface area contributed by atoms with E-state index in [4.69, 9.17) is 4.98 Å². The topological polar surface area (TPSA) is 45.8 Å². The predicted octanol–water partition coefficient (Wildman–Crippen LogP) is 4.96. The number of pyridine rings is 1. The second-order valence-electron chi connectivity index (χ2n) is 5.70. The van der Waals surface area contributed by atoms with E-state index in [1.165, 1.54) is 0 Å². The van der Waals surface area contributed by atoms with Crippen LogP contribution in [0.5, 0.6) is 0 Å². The van der Waals surface area contributed by atoms with Crippen molar-refractivity contribution in [1.29, 1.82) is 0 Å². The fourth-order valence-corrected chi connectivity index (χ4v) is 4.35. The van der Waals surface area contributed by atoms with Gasteiger partial charge in [0.2, 0.25) is 0 Å². The summed E-state index contributed by atoms with van der Waals surface area (Å²) in [5.41, 5.74) is 2.01. The number of fused-ring (bicyclic) bond motifs is 6. The maximum absolute atomic E-state index is 12.4. The Hall–Kier alpha value is -2.98. The van der Waals surface area contributed by atoms with E-state index < -0.39 is 0 Å². The second kappa shape index (κ2) is 5.01. The molecular formula is C20H12N2OS. The van der Waals surface area contributed by atoms with Crippen molar-refractivity contribution < 1.29 is 0 Å². The Morgan fingerprint density at radius 1 is 0.833 bits per heavy atom. The highest BCUT2D eigenvalue weighted by Gasteiger charge is 2.15. The maximum Gasteiger partial charge on any atom is 0.256 e. The Morgan fingerprint density at radius 2 is 1.58 bits per heavy atom. The molecule has 0 atom stereocenters. The Labute approximate surface area is 141 Å². The van der Waals surface area contributed by atoms with Gasteiger partial charge in [-0.2, -0.15) is 0 Å². The molecule has 0 unspecified atom stereocenters. The Balaban J connectivity index is 2.03. The summed E-state index contributed by atoms with van der Waals surface area (Å²) < 4.78 is 1.06. The van der Waals surface area contributed by atoms with E-state index in [0.29, 0.717) is 0 Å². The molecule has 4 heteroatoms. The normalized spacial score (nSPS) is 11.5. The molecule has 5 rings (SSSR count). The van der Waals surface area contributed by atoms with Crippen molar-refractivity contribution in [2.75, 3.05) is 0 Å². The highest BCUT2D eigenvalue weighted by Crippen LogP contribution is 2.39.